The quantitative estimate of drug-likeness (QED) is 0.532. The van der Waals surface area contributed by atoms with Crippen LogP contribution in [0, 0.1) is 12.8 Å². The van der Waals surface area contributed by atoms with Gasteiger partial charge in [-0.25, -0.2) is 15.0 Å². The van der Waals surface area contributed by atoms with Crippen molar-refractivity contribution in [3.63, 3.8) is 0 Å². The van der Waals surface area contributed by atoms with Crippen molar-refractivity contribution >= 4 is 22.7 Å². The molecule has 0 spiro atoms. The molecule has 0 amide bonds. The minimum atomic E-state index is 0.457. The first-order valence-corrected chi connectivity index (χ1v) is 9.81. The van der Waals surface area contributed by atoms with Crippen LogP contribution in [0.4, 0.5) is 5.69 Å². The van der Waals surface area contributed by atoms with Gasteiger partial charge in [-0.2, -0.15) is 0 Å². The summed E-state index contributed by atoms with van der Waals surface area (Å²) in [6.45, 7) is 8.67. The summed E-state index contributed by atoms with van der Waals surface area (Å²) < 4.78 is 0. The lowest BCUT2D eigenvalue weighted by Crippen LogP contribution is -2.06. The minimum Gasteiger partial charge on any atom is -0.257 e. The predicted octanol–water partition coefficient (Wildman–Crippen LogP) is 5.64. The lowest BCUT2D eigenvalue weighted by molar-refractivity contribution is 0.736. The highest BCUT2D eigenvalue weighted by Crippen LogP contribution is 2.35. The number of hydrogen-bond acceptors (Lipinski definition) is 5. The molecule has 0 aliphatic rings. The fourth-order valence-corrected chi connectivity index (χ4v) is 3.54. The second kappa shape index (κ2) is 8.32. The molecule has 4 nitrogen and oxygen atoms in total. The molecule has 0 radical (unpaired) electrons. The molecule has 0 N–H and O–H groups in total. The summed E-state index contributed by atoms with van der Waals surface area (Å²) in [7, 11) is 0. The molecule has 5 heteroatoms. The maximum absolute atomic E-state index is 5.03. The Labute approximate surface area is 159 Å². The Balaban J connectivity index is 2.10. The summed E-state index contributed by atoms with van der Waals surface area (Å²) in [6.07, 6.45) is 7.17. The minimum absolute atomic E-state index is 0.457. The first-order valence-electron chi connectivity index (χ1n) is 8.93. The third-order valence-electron chi connectivity index (χ3n) is 4.76. The number of aromatic nitrogens is 3. The number of thiazole rings is 1. The maximum Gasteiger partial charge on any atom is 0.132 e. The molecule has 2 heterocycles. The molecule has 2 aromatic heterocycles. The fourth-order valence-electron chi connectivity index (χ4n) is 2.82. The van der Waals surface area contributed by atoms with Crippen molar-refractivity contribution in [2.45, 2.75) is 40.5 Å². The van der Waals surface area contributed by atoms with Gasteiger partial charge in [-0.15, -0.1) is 11.3 Å². The van der Waals surface area contributed by atoms with E-state index in [1.54, 1.807) is 23.7 Å². The first kappa shape index (κ1) is 18.4. The van der Waals surface area contributed by atoms with Gasteiger partial charge in [0.2, 0.25) is 0 Å². The average molecular weight is 365 g/mol. The summed E-state index contributed by atoms with van der Waals surface area (Å²) in [6, 6.07) is 6.12. The van der Waals surface area contributed by atoms with Gasteiger partial charge in [0.1, 0.15) is 10.8 Å². The maximum atomic E-state index is 5.03. The van der Waals surface area contributed by atoms with Gasteiger partial charge in [0, 0.05) is 41.7 Å². The normalized spacial score (nSPS) is 13.0. The standard InChI is InChI=1S/C21H24N4S/c1-5-14(2)16(4)25-20-15(3)18(21-24-11-12-26-21)8-7-17(20)13-19-22-9-6-10-23-19/h6-12,14H,5,13H2,1-4H3. The summed E-state index contributed by atoms with van der Waals surface area (Å²) in [5.74, 6) is 1.27. The third kappa shape index (κ3) is 4.05. The van der Waals surface area contributed by atoms with Gasteiger partial charge >= 0.3 is 0 Å². The van der Waals surface area contributed by atoms with E-state index in [0.717, 1.165) is 45.3 Å². The first-order chi connectivity index (χ1) is 12.6. The van der Waals surface area contributed by atoms with Crippen molar-refractivity contribution in [2.75, 3.05) is 0 Å². The molecule has 1 atom stereocenters. The lowest BCUT2D eigenvalue weighted by atomic mass is 9.98. The number of nitrogens with zero attached hydrogens (tertiary/aromatic N) is 4. The zero-order valence-electron chi connectivity index (χ0n) is 15.7. The van der Waals surface area contributed by atoms with E-state index in [1.807, 2.05) is 17.6 Å². The number of aliphatic imine (C=N–C) groups is 1. The highest BCUT2D eigenvalue weighted by atomic mass is 32.1. The second-order valence-corrected chi connectivity index (χ2v) is 7.38. The number of benzene rings is 1. The van der Waals surface area contributed by atoms with Gasteiger partial charge in [0.05, 0.1) is 5.69 Å². The van der Waals surface area contributed by atoms with Crippen LogP contribution in [0.3, 0.4) is 0 Å². The van der Waals surface area contributed by atoms with Crippen molar-refractivity contribution < 1.29 is 0 Å². The van der Waals surface area contributed by atoms with E-state index in [0.29, 0.717) is 12.3 Å². The molecule has 0 saturated carbocycles. The van der Waals surface area contributed by atoms with Crippen molar-refractivity contribution in [1.29, 1.82) is 0 Å². The monoisotopic (exact) mass is 364 g/mol. The molecule has 1 unspecified atom stereocenters. The molecule has 1 aromatic carbocycles. The molecule has 3 aromatic rings. The second-order valence-electron chi connectivity index (χ2n) is 6.49. The Hall–Kier alpha value is -2.40. The molecular formula is C21H24N4S. The van der Waals surface area contributed by atoms with Crippen molar-refractivity contribution in [3.8, 4) is 10.6 Å². The van der Waals surface area contributed by atoms with Crippen LogP contribution in [-0.4, -0.2) is 20.7 Å². The lowest BCUT2D eigenvalue weighted by Gasteiger charge is -2.15. The molecule has 134 valence electrons. The van der Waals surface area contributed by atoms with Gasteiger partial charge in [0.15, 0.2) is 0 Å². The molecular weight excluding hydrogens is 340 g/mol. The van der Waals surface area contributed by atoms with Crippen LogP contribution in [0.2, 0.25) is 0 Å². The average Bonchev–Trinajstić information content (AvgIpc) is 3.19. The largest absolute Gasteiger partial charge is 0.257 e. The zero-order valence-corrected chi connectivity index (χ0v) is 16.5. The Bertz CT molecular complexity index is 886. The Kier molecular flexibility index (Phi) is 5.89. The zero-order chi connectivity index (χ0) is 18.5. The third-order valence-corrected chi connectivity index (χ3v) is 5.57. The Morgan fingerprint density at radius 1 is 1.15 bits per heavy atom. The predicted molar refractivity (Wildman–Crippen MR) is 109 cm³/mol. The van der Waals surface area contributed by atoms with Crippen LogP contribution in [0.1, 0.15) is 44.1 Å². The number of hydrogen-bond donors (Lipinski definition) is 0. The smallest absolute Gasteiger partial charge is 0.132 e. The Morgan fingerprint density at radius 3 is 2.58 bits per heavy atom. The fraction of sp³-hybridized carbons (Fsp3) is 0.333. The van der Waals surface area contributed by atoms with E-state index in [1.165, 1.54) is 0 Å². The Morgan fingerprint density at radius 2 is 1.92 bits per heavy atom. The molecule has 0 bridgehead atoms. The topological polar surface area (TPSA) is 51.0 Å². The molecule has 0 aliphatic heterocycles. The van der Waals surface area contributed by atoms with E-state index in [9.17, 15) is 0 Å². The molecule has 0 saturated heterocycles. The van der Waals surface area contributed by atoms with Crippen LogP contribution in [0.15, 0.2) is 47.2 Å². The summed E-state index contributed by atoms with van der Waals surface area (Å²) in [4.78, 5) is 18.3. The molecule has 3 rings (SSSR count). The summed E-state index contributed by atoms with van der Waals surface area (Å²) in [5.41, 5.74) is 5.64. The van der Waals surface area contributed by atoms with Gasteiger partial charge < -0.3 is 0 Å². The van der Waals surface area contributed by atoms with E-state index >= 15 is 0 Å². The molecule has 0 aliphatic carbocycles. The van der Waals surface area contributed by atoms with Gasteiger partial charge in [-0.1, -0.05) is 26.0 Å². The number of rotatable bonds is 6. The van der Waals surface area contributed by atoms with Crippen molar-refractivity contribution in [2.24, 2.45) is 10.9 Å². The molecule has 26 heavy (non-hydrogen) atoms. The SMILES string of the molecule is CCC(C)C(C)=Nc1c(Cc2ncccn2)ccc(-c2nccs2)c1C. The van der Waals surface area contributed by atoms with Gasteiger partial charge in [0.25, 0.3) is 0 Å². The van der Waals surface area contributed by atoms with Gasteiger partial charge in [-0.3, -0.25) is 4.99 Å². The van der Waals surface area contributed by atoms with Crippen LogP contribution in [0.25, 0.3) is 10.6 Å². The highest BCUT2D eigenvalue weighted by molar-refractivity contribution is 7.13. The van der Waals surface area contributed by atoms with Crippen LogP contribution < -0.4 is 0 Å². The van der Waals surface area contributed by atoms with Crippen molar-refractivity contribution in [1.82, 2.24) is 15.0 Å². The van der Waals surface area contributed by atoms with E-state index < -0.39 is 0 Å². The molecule has 0 fully saturated rings. The van der Waals surface area contributed by atoms with Crippen LogP contribution in [-0.2, 0) is 6.42 Å². The van der Waals surface area contributed by atoms with E-state index in [-0.39, 0.29) is 0 Å². The van der Waals surface area contributed by atoms with E-state index in [2.05, 4.69) is 54.8 Å². The van der Waals surface area contributed by atoms with Crippen LogP contribution >= 0.6 is 11.3 Å². The van der Waals surface area contributed by atoms with E-state index in [4.69, 9.17) is 4.99 Å². The van der Waals surface area contributed by atoms with Crippen molar-refractivity contribution in [3.05, 3.63) is 59.1 Å². The van der Waals surface area contributed by atoms with Gasteiger partial charge in [-0.05, 0) is 43.4 Å². The highest BCUT2D eigenvalue weighted by Gasteiger charge is 2.15. The summed E-state index contributed by atoms with van der Waals surface area (Å²) >= 11 is 1.65. The summed E-state index contributed by atoms with van der Waals surface area (Å²) in [5, 5.41) is 3.04. The van der Waals surface area contributed by atoms with Crippen LogP contribution in [0.5, 0.6) is 0 Å².